The average molecular weight is 445 g/mol. The molecular formula is C28H32N2O3. The van der Waals surface area contributed by atoms with Gasteiger partial charge in [-0.1, -0.05) is 64.1 Å². The smallest absolute Gasteiger partial charge is 0.265 e. The Balaban J connectivity index is 1.65. The summed E-state index contributed by atoms with van der Waals surface area (Å²) in [7, 11) is 0. The third-order valence-corrected chi connectivity index (χ3v) is 5.43. The molecular weight excluding hydrogens is 412 g/mol. The number of hydrogen-bond acceptors (Lipinski definition) is 3. The summed E-state index contributed by atoms with van der Waals surface area (Å²) in [5.41, 5.74) is 3.94. The van der Waals surface area contributed by atoms with Gasteiger partial charge in [-0.2, -0.15) is 0 Å². The quantitative estimate of drug-likeness (QED) is 0.447. The maximum atomic E-state index is 12.8. The molecule has 0 fully saturated rings. The summed E-state index contributed by atoms with van der Waals surface area (Å²) in [5.74, 6) is 0.258. The Kier molecular flexibility index (Phi) is 7.54. The number of aryl methyl sites for hydroxylation is 1. The summed E-state index contributed by atoms with van der Waals surface area (Å²) < 4.78 is 5.93. The number of amides is 2. The number of para-hydroxylation sites is 1. The fourth-order valence-electron chi connectivity index (χ4n) is 3.39. The van der Waals surface area contributed by atoms with Gasteiger partial charge in [0.15, 0.2) is 6.10 Å². The van der Waals surface area contributed by atoms with Crippen molar-refractivity contribution in [1.29, 1.82) is 0 Å². The van der Waals surface area contributed by atoms with Crippen LogP contribution in [0.15, 0.2) is 72.8 Å². The van der Waals surface area contributed by atoms with Crippen molar-refractivity contribution in [3.05, 3.63) is 89.5 Å². The highest BCUT2D eigenvalue weighted by Gasteiger charge is 2.20. The number of anilines is 2. The summed E-state index contributed by atoms with van der Waals surface area (Å²) in [6.45, 7) is 10.3. The number of carbonyl (C=O) groups excluding carboxylic acids is 2. The monoisotopic (exact) mass is 444 g/mol. The molecule has 0 radical (unpaired) electrons. The average Bonchev–Trinajstić information content (AvgIpc) is 2.78. The first kappa shape index (κ1) is 24.1. The second kappa shape index (κ2) is 10.3. The molecule has 0 spiro atoms. The Bertz CT molecular complexity index is 1110. The van der Waals surface area contributed by atoms with Gasteiger partial charge in [0.2, 0.25) is 0 Å². The molecule has 0 bridgehead atoms. The first-order valence-electron chi connectivity index (χ1n) is 11.2. The van der Waals surface area contributed by atoms with E-state index in [-0.39, 0.29) is 17.2 Å². The molecule has 1 unspecified atom stereocenters. The zero-order chi connectivity index (χ0) is 24.0. The van der Waals surface area contributed by atoms with Crippen molar-refractivity contribution in [2.24, 2.45) is 0 Å². The number of ether oxygens (including phenoxy) is 1. The molecule has 0 saturated carbocycles. The van der Waals surface area contributed by atoms with Gasteiger partial charge in [0.25, 0.3) is 11.8 Å². The molecule has 3 aromatic carbocycles. The topological polar surface area (TPSA) is 67.4 Å². The summed E-state index contributed by atoms with van der Waals surface area (Å²) >= 11 is 0. The second-order valence-electron chi connectivity index (χ2n) is 9.13. The lowest BCUT2D eigenvalue weighted by atomic mass is 9.87. The van der Waals surface area contributed by atoms with Crippen LogP contribution in [-0.4, -0.2) is 17.9 Å². The van der Waals surface area contributed by atoms with E-state index in [0.717, 1.165) is 5.56 Å². The van der Waals surface area contributed by atoms with Crippen LogP contribution in [0.5, 0.6) is 5.75 Å². The fraction of sp³-hybridized carbons (Fsp3) is 0.286. The number of rotatable bonds is 7. The Morgan fingerprint density at radius 3 is 2.12 bits per heavy atom. The fourth-order valence-corrected chi connectivity index (χ4v) is 3.39. The van der Waals surface area contributed by atoms with E-state index in [9.17, 15) is 9.59 Å². The lowest BCUT2D eigenvalue weighted by Gasteiger charge is -2.19. The van der Waals surface area contributed by atoms with Gasteiger partial charge in [-0.25, -0.2) is 0 Å². The van der Waals surface area contributed by atoms with Crippen molar-refractivity contribution >= 4 is 23.2 Å². The summed E-state index contributed by atoms with van der Waals surface area (Å²) in [4.78, 5) is 25.5. The third kappa shape index (κ3) is 6.45. The van der Waals surface area contributed by atoms with Crippen LogP contribution in [0.1, 0.15) is 55.6 Å². The second-order valence-corrected chi connectivity index (χ2v) is 9.13. The van der Waals surface area contributed by atoms with Gasteiger partial charge in [0.1, 0.15) is 5.75 Å². The van der Waals surface area contributed by atoms with Crippen LogP contribution < -0.4 is 15.4 Å². The van der Waals surface area contributed by atoms with Gasteiger partial charge >= 0.3 is 0 Å². The van der Waals surface area contributed by atoms with Gasteiger partial charge in [-0.3, -0.25) is 9.59 Å². The van der Waals surface area contributed by atoms with Gasteiger partial charge in [0.05, 0.1) is 0 Å². The molecule has 0 aliphatic carbocycles. The van der Waals surface area contributed by atoms with E-state index in [0.29, 0.717) is 29.1 Å². The zero-order valence-corrected chi connectivity index (χ0v) is 19.9. The van der Waals surface area contributed by atoms with E-state index in [1.807, 2.05) is 62.4 Å². The minimum atomic E-state index is -0.620. The number of benzene rings is 3. The normalized spacial score (nSPS) is 12.0. The first-order valence-corrected chi connectivity index (χ1v) is 11.2. The molecule has 0 aromatic heterocycles. The van der Waals surface area contributed by atoms with E-state index in [2.05, 4.69) is 31.4 Å². The molecule has 2 amide bonds. The molecule has 5 nitrogen and oxygen atoms in total. The van der Waals surface area contributed by atoms with Crippen molar-refractivity contribution in [2.45, 2.75) is 52.6 Å². The zero-order valence-electron chi connectivity index (χ0n) is 19.9. The Hall–Kier alpha value is -3.60. The Labute approximate surface area is 196 Å². The molecule has 2 N–H and O–H groups in total. The highest BCUT2D eigenvalue weighted by Crippen LogP contribution is 2.23. The molecule has 0 aliphatic rings. The molecule has 3 aromatic rings. The summed E-state index contributed by atoms with van der Waals surface area (Å²) in [5, 5.41) is 5.79. The minimum Gasteiger partial charge on any atom is -0.480 e. The van der Waals surface area contributed by atoms with Crippen molar-refractivity contribution in [2.75, 3.05) is 10.6 Å². The van der Waals surface area contributed by atoms with Crippen LogP contribution in [0, 0.1) is 6.92 Å². The van der Waals surface area contributed by atoms with Crippen molar-refractivity contribution in [1.82, 2.24) is 0 Å². The summed E-state index contributed by atoms with van der Waals surface area (Å²) in [6.07, 6.45) is -0.0908. The van der Waals surface area contributed by atoms with Gasteiger partial charge in [-0.05, 0) is 66.3 Å². The van der Waals surface area contributed by atoms with Crippen LogP contribution >= 0.6 is 0 Å². The van der Waals surface area contributed by atoms with Crippen LogP contribution in [0.4, 0.5) is 11.4 Å². The minimum absolute atomic E-state index is 0.0286. The van der Waals surface area contributed by atoms with Gasteiger partial charge < -0.3 is 15.4 Å². The molecule has 0 heterocycles. The number of hydrogen-bond donors (Lipinski definition) is 2. The van der Waals surface area contributed by atoms with Crippen LogP contribution in [0.3, 0.4) is 0 Å². The Morgan fingerprint density at radius 1 is 0.879 bits per heavy atom. The molecule has 172 valence electrons. The van der Waals surface area contributed by atoms with E-state index in [1.54, 1.807) is 24.3 Å². The lowest BCUT2D eigenvalue weighted by molar-refractivity contribution is -0.122. The standard InChI is InChI=1S/C28H32N2O3/c1-6-24(33-25-13-8-7-10-19(25)2)27(32)30-23-12-9-11-22(18-23)29-26(31)20-14-16-21(17-15-20)28(3,4)5/h7-18,24H,6H2,1-5H3,(H,29,31)(H,30,32). The highest BCUT2D eigenvalue weighted by molar-refractivity contribution is 6.04. The van der Waals surface area contributed by atoms with E-state index < -0.39 is 6.10 Å². The first-order chi connectivity index (χ1) is 15.7. The highest BCUT2D eigenvalue weighted by atomic mass is 16.5. The van der Waals surface area contributed by atoms with Gasteiger partial charge in [0, 0.05) is 16.9 Å². The summed E-state index contributed by atoms with van der Waals surface area (Å²) in [6, 6.07) is 22.3. The van der Waals surface area contributed by atoms with Crippen molar-refractivity contribution in [3.63, 3.8) is 0 Å². The largest absolute Gasteiger partial charge is 0.480 e. The maximum Gasteiger partial charge on any atom is 0.265 e. The van der Waals surface area contributed by atoms with E-state index in [1.165, 1.54) is 5.56 Å². The molecule has 1 atom stereocenters. The SMILES string of the molecule is CCC(Oc1ccccc1C)C(=O)Nc1cccc(NC(=O)c2ccc(C(C)(C)C)cc2)c1. The molecule has 0 saturated heterocycles. The molecule has 5 heteroatoms. The predicted octanol–water partition coefficient (Wildman–Crippen LogP) is 6.34. The van der Waals surface area contributed by atoms with Crippen LogP contribution in [0.2, 0.25) is 0 Å². The number of carbonyl (C=O) groups is 2. The van der Waals surface area contributed by atoms with Crippen LogP contribution in [-0.2, 0) is 10.2 Å². The van der Waals surface area contributed by atoms with Crippen molar-refractivity contribution in [3.8, 4) is 5.75 Å². The third-order valence-electron chi connectivity index (χ3n) is 5.43. The maximum absolute atomic E-state index is 12.8. The van der Waals surface area contributed by atoms with Crippen LogP contribution in [0.25, 0.3) is 0 Å². The van der Waals surface area contributed by atoms with Gasteiger partial charge in [-0.15, -0.1) is 0 Å². The van der Waals surface area contributed by atoms with Crippen molar-refractivity contribution < 1.29 is 14.3 Å². The molecule has 33 heavy (non-hydrogen) atoms. The lowest BCUT2D eigenvalue weighted by Crippen LogP contribution is -2.32. The molecule has 3 rings (SSSR count). The van der Waals surface area contributed by atoms with E-state index >= 15 is 0 Å². The van der Waals surface area contributed by atoms with E-state index in [4.69, 9.17) is 4.74 Å². The Morgan fingerprint density at radius 2 is 1.52 bits per heavy atom. The number of nitrogens with one attached hydrogen (secondary N) is 2. The predicted molar refractivity (Wildman–Crippen MR) is 134 cm³/mol. The molecule has 0 aliphatic heterocycles.